The van der Waals surface area contributed by atoms with Gasteiger partial charge in [-0.05, 0) is 148 Å². The normalized spacial score (nSPS) is 11.5. The molecule has 6 heterocycles. The van der Waals surface area contributed by atoms with Crippen molar-refractivity contribution >= 4 is 87.2 Å². The lowest BCUT2D eigenvalue weighted by Gasteiger charge is -2.12. The molecule has 0 unspecified atom stereocenters. The lowest BCUT2D eigenvalue weighted by atomic mass is 10.0. The van der Waals surface area contributed by atoms with E-state index in [0.29, 0.717) is 11.8 Å². The van der Waals surface area contributed by atoms with Crippen LogP contribution in [-0.2, 0) is 0 Å². The molecule has 0 aliphatic carbocycles. The van der Waals surface area contributed by atoms with Crippen molar-refractivity contribution in [1.29, 1.82) is 0 Å². The van der Waals surface area contributed by atoms with Gasteiger partial charge in [0.1, 0.15) is 5.82 Å². The first kappa shape index (κ1) is 67.2. The molecule has 16 aromatic carbocycles. The zero-order chi connectivity index (χ0) is 74.0. The van der Waals surface area contributed by atoms with Crippen LogP contribution in [0.15, 0.2) is 413 Å². The summed E-state index contributed by atoms with van der Waals surface area (Å²) in [5.74, 6) is 2.18. The van der Waals surface area contributed by atoms with Gasteiger partial charge >= 0.3 is 0 Å². The molecule has 0 fully saturated rings. The van der Waals surface area contributed by atoms with Crippen LogP contribution in [0.5, 0.6) is 0 Å². The molecule has 0 saturated heterocycles. The molecule has 0 saturated carbocycles. The van der Waals surface area contributed by atoms with Gasteiger partial charge in [0.15, 0.2) is 5.82 Å². The number of fused-ring (bicyclic) bond motifs is 12. The van der Waals surface area contributed by atoms with Crippen molar-refractivity contribution in [2.45, 2.75) is 7.43 Å². The molecular weight excluding hydrogens is 1370 g/mol. The number of hydrogen-bond donors (Lipinski definition) is 0. The number of benzene rings is 16. The highest BCUT2D eigenvalue weighted by Crippen LogP contribution is 2.43. The maximum atomic E-state index is 5.21. The topological polar surface area (TPSA) is 71.3 Å². The van der Waals surface area contributed by atoms with Crippen molar-refractivity contribution in [3.05, 3.63) is 413 Å². The number of hydrogen-bond acceptors (Lipinski definition) is 4. The van der Waals surface area contributed by atoms with Crippen LogP contribution in [0.2, 0.25) is 0 Å². The summed E-state index contributed by atoms with van der Waals surface area (Å²) >= 11 is 0. The maximum Gasteiger partial charge on any atom is 0.235 e. The van der Waals surface area contributed by atoms with E-state index in [4.69, 9.17) is 19.9 Å². The quantitative estimate of drug-likeness (QED) is 0.122. The second-order valence-electron chi connectivity index (χ2n) is 28.5. The van der Waals surface area contributed by atoms with Crippen LogP contribution in [0.1, 0.15) is 7.43 Å². The molecule has 0 radical (unpaired) electrons. The van der Waals surface area contributed by atoms with Gasteiger partial charge < -0.3 is 9.13 Å². The van der Waals surface area contributed by atoms with E-state index >= 15 is 0 Å². The third kappa shape index (κ3) is 12.1. The van der Waals surface area contributed by atoms with E-state index in [1.807, 2.05) is 36.4 Å². The minimum absolute atomic E-state index is 0. The minimum Gasteiger partial charge on any atom is -0.309 e. The van der Waals surface area contributed by atoms with Crippen molar-refractivity contribution in [3.8, 4) is 113 Å². The fourth-order valence-electron chi connectivity index (χ4n) is 16.6. The molecule has 22 aromatic rings. The summed E-state index contributed by atoms with van der Waals surface area (Å²) in [4.78, 5) is 20.7. The Morgan fingerprint density at radius 2 is 0.434 bits per heavy atom. The van der Waals surface area contributed by atoms with E-state index in [0.717, 1.165) is 94.9 Å². The van der Waals surface area contributed by atoms with Gasteiger partial charge in [0.2, 0.25) is 5.95 Å². The number of nitrogens with zero attached hydrogens (tertiary/aromatic N) is 8. The Kier molecular flexibility index (Phi) is 16.9. The highest BCUT2D eigenvalue weighted by molar-refractivity contribution is 6.15. The molecule has 0 atom stereocenters. The van der Waals surface area contributed by atoms with Gasteiger partial charge in [-0.3, -0.25) is 9.13 Å². The second-order valence-corrected chi connectivity index (χ2v) is 28.5. The fraction of sp³-hybridized carbons (Fsp3) is 0.00952. The first-order chi connectivity index (χ1) is 55.5. The molecule has 0 amide bonds. The van der Waals surface area contributed by atoms with Gasteiger partial charge in [0, 0.05) is 82.8 Å². The Balaban J connectivity index is 0.000000146. The van der Waals surface area contributed by atoms with Crippen LogP contribution in [-0.4, -0.2) is 38.2 Å². The van der Waals surface area contributed by atoms with E-state index in [2.05, 4.69) is 394 Å². The van der Waals surface area contributed by atoms with Crippen LogP contribution < -0.4 is 0 Å². The molecule has 0 spiro atoms. The molecule has 0 N–H and O–H groups in total. The molecular formula is C105H72N8. The second kappa shape index (κ2) is 28.5. The van der Waals surface area contributed by atoms with Crippen molar-refractivity contribution in [3.63, 3.8) is 0 Å². The van der Waals surface area contributed by atoms with Crippen LogP contribution in [0.4, 0.5) is 0 Å². The lowest BCUT2D eigenvalue weighted by Crippen LogP contribution is -2.03. The highest BCUT2D eigenvalue weighted by atomic mass is 15.2. The molecule has 532 valence electrons. The van der Waals surface area contributed by atoms with E-state index < -0.39 is 0 Å². The largest absolute Gasteiger partial charge is 0.309 e. The number of aromatic nitrogens is 8. The first-order valence-electron chi connectivity index (χ1n) is 38.0. The van der Waals surface area contributed by atoms with Crippen LogP contribution in [0.3, 0.4) is 0 Å². The van der Waals surface area contributed by atoms with Crippen molar-refractivity contribution in [2.75, 3.05) is 0 Å². The zero-order valence-electron chi connectivity index (χ0n) is 60.8. The smallest absolute Gasteiger partial charge is 0.235 e. The van der Waals surface area contributed by atoms with Crippen molar-refractivity contribution in [1.82, 2.24) is 38.2 Å². The Hall–Kier alpha value is -15.1. The molecule has 0 aliphatic rings. The van der Waals surface area contributed by atoms with Crippen LogP contribution in [0.25, 0.3) is 200 Å². The Morgan fingerprint density at radius 1 is 0.159 bits per heavy atom. The van der Waals surface area contributed by atoms with Gasteiger partial charge in [-0.15, -0.1) is 0 Å². The van der Waals surface area contributed by atoms with Gasteiger partial charge in [0.05, 0.1) is 61.2 Å². The van der Waals surface area contributed by atoms with E-state index in [9.17, 15) is 0 Å². The number of para-hydroxylation sites is 4. The van der Waals surface area contributed by atoms with E-state index in [1.165, 1.54) is 93.3 Å². The van der Waals surface area contributed by atoms with Crippen LogP contribution in [0, 0.1) is 0 Å². The predicted octanol–water partition coefficient (Wildman–Crippen LogP) is 27.3. The summed E-state index contributed by atoms with van der Waals surface area (Å²) in [7, 11) is 0. The Morgan fingerprint density at radius 3 is 0.814 bits per heavy atom. The van der Waals surface area contributed by atoms with Gasteiger partial charge in [-0.1, -0.05) is 311 Å². The summed E-state index contributed by atoms with van der Waals surface area (Å²) in [6.45, 7) is 0. The zero-order valence-corrected chi connectivity index (χ0v) is 60.8. The molecule has 8 nitrogen and oxygen atoms in total. The summed E-state index contributed by atoms with van der Waals surface area (Å²) in [6.07, 6.45) is 0. The average molecular weight is 1450 g/mol. The van der Waals surface area contributed by atoms with Crippen LogP contribution >= 0.6 is 0 Å². The molecule has 113 heavy (non-hydrogen) atoms. The average Bonchev–Trinajstić information content (AvgIpc) is 1.59. The molecule has 22 rings (SSSR count). The number of rotatable bonds is 12. The molecule has 0 aliphatic heterocycles. The Labute approximate surface area is 654 Å². The minimum atomic E-state index is 0. The third-order valence-electron chi connectivity index (χ3n) is 21.9. The standard InChI is InChI=1S/2C52H34N4.CH4/c1-4-15-35(16-5-1)38-21-14-22-41(31-38)55-48-25-12-10-23-42(48)44-32-39(27-29-50(44)55)40-28-30-51-45(33-40)43-24-11-13-26-49(43)56(51)52-53-46(36-17-6-2-7-18-36)34-47(54-52)37-19-8-3-9-20-37;1-4-15-35(16-5-1)38-21-14-22-41(31-38)55-47-25-12-10-23-42(47)44-32-39(27-29-49(44)55)40-28-30-50-45(33-40)43-24-11-13-26-48(43)56(50)51-34-46(36-17-6-2-7-18-36)53-52(54-51)37-19-8-3-9-20-37;/h2*1-34H;1H4. The summed E-state index contributed by atoms with van der Waals surface area (Å²) in [6, 6.07) is 147. The van der Waals surface area contributed by atoms with Gasteiger partial charge in [-0.2, -0.15) is 0 Å². The maximum absolute atomic E-state index is 5.21. The summed E-state index contributed by atoms with van der Waals surface area (Å²) in [5, 5.41) is 9.61. The van der Waals surface area contributed by atoms with Crippen molar-refractivity contribution < 1.29 is 0 Å². The predicted molar refractivity (Wildman–Crippen MR) is 472 cm³/mol. The molecule has 8 heteroatoms. The van der Waals surface area contributed by atoms with E-state index in [-0.39, 0.29) is 7.43 Å². The molecule has 6 aromatic heterocycles. The summed E-state index contributed by atoms with van der Waals surface area (Å²) in [5.41, 5.74) is 27.7. The van der Waals surface area contributed by atoms with Gasteiger partial charge in [0.25, 0.3) is 0 Å². The van der Waals surface area contributed by atoms with Gasteiger partial charge in [-0.25, -0.2) is 19.9 Å². The van der Waals surface area contributed by atoms with E-state index in [1.54, 1.807) is 0 Å². The summed E-state index contributed by atoms with van der Waals surface area (Å²) < 4.78 is 9.29. The van der Waals surface area contributed by atoms with Crippen molar-refractivity contribution in [2.24, 2.45) is 0 Å². The Bertz CT molecular complexity index is 6790. The third-order valence-corrected chi connectivity index (χ3v) is 21.9. The highest BCUT2D eigenvalue weighted by Gasteiger charge is 2.23. The monoisotopic (exact) mass is 1440 g/mol. The molecule has 0 bridgehead atoms. The lowest BCUT2D eigenvalue weighted by molar-refractivity contribution is 0.995. The SMILES string of the molecule is C.c1ccc(-c2cccc(-n3c4ccccc4c4cc(-c5ccc6c(c5)c5ccccc5n6-c5cc(-c6ccccc6)nc(-c6ccccc6)n5)ccc43)c2)cc1.c1ccc(-c2cccc(-n3c4ccccc4c4cc(-c5ccc6c(c5)c5ccccc5n6-c5nc(-c6ccccc6)cc(-c6ccccc6)n5)ccc43)c2)cc1. The fourth-order valence-corrected chi connectivity index (χ4v) is 16.6. The first-order valence-corrected chi connectivity index (χ1v) is 38.0.